The number of amides is 2. The van der Waals surface area contributed by atoms with E-state index in [2.05, 4.69) is 36.8 Å². The van der Waals surface area contributed by atoms with Crippen LogP contribution in [-0.2, 0) is 25.5 Å². The van der Waals surface area contributed by atoms with E-state index in [0.717, 1.165) is 21.5 Å². The van der Waals surface area contributed by atoms with E-state index < -0.39 is 18.5 Å². The van der Waals surface area contributed by atoms with Crippen molar-refractivity contribution in [2.24, 2.45) is 0 Å². The Morgan fingerprint density at radius 1 is 1.15 bits per heavy atom. The van der Waals surface area contributed by atoms with Crippen LogP contribution >= 0.6 is 27.3 Å². The van der Waals surface area contributed by atoms with Gasteiger partial charge in [-0.2, -0.15) is 0 Å². The van der Waals surface area contributed by atoms with E-state index >= 15 is 0 Å². The summed E-state index contributed by atoms with van der Waals surface area (Å²) in [6.45, 7) is 3.34. The Bertz CT molecular complexity index is 840. The van der Waals surface area contributed by atoms with Crippen molar-refractivity contribution < 1.29 is 19.1 Å². The molecule has 0 bridgehead atoms. The molecule has 0 aliphatic rings. The van der Waals surface area contributed by atoms with Gasteiger partial charge in [-0.25, -0.2) is 0 Å². The fourth-order valence-corrected chi connectivity index (χ4v) is 3.14. The van der Waals surface area contributed by atoms with E-state index in [4.69, 9.17) is 4.74 Å². The number of nitrogens with one attached hydrogen (secondary N) is 2. The van der Waals surface area contributed by atoms with Crippen molar-refractivity contribution in [3.8, 4) is 0 Å². The van der Waals surface area contributed by atoms with E-state index in [-0.39, 0.29) is 18.7 Å². The first-order valence-electron chi connectivity index (χ1n) is 8.21. The lowest BCUT2D eigenvalue weighted by atomic mass is 10.1. The van der Waals surface area contributed by atoms with E-state index in [0.29, 0.717) is 10.8 Å². The summed E-state index contributed by atoms with van der Waals surface area (Å²) in [5, 5.41) is 13.9. The molecular weight excluding hydrogens is 436 g/mol. The Hall–Kier alpha value is -2.33. The third-order valence-electron chi connectivity index (χ3n) is 3.42. The van der Waals surface area contributed by atoms with Crippen molar-refractivity contribution >= 4 is 55.9 Å². The Balaban J connectivity index is 1.71. The number of benzene rings is 1. The molecular formula is C17H19BrN4O4S. The van der Waals surface area contributed by atoms with Crippen molar-refractivity contribution in [2.45, 2.75) is 33.1 Å². The highest BCUT2D eigenvalue weighted by Crippen LogP contribution is 2.21. The van der Waals surface area contributed by atoms with Crippen LogP contribution in [0.25, 0.3) is 0 Å². The van der Waals surface area contributed by atoms with E-state index in [1.807, 2.05) is 19.1 Å². The highest BCUT2D eigenvalue weighted by Gasteiger charge is 2.13. The molecule has 0 saturated carbocycles. The first-order valence-corrected chi connectivity index (χ1v) is 9.82. The van der Waals surface area contributed by atoms with Gasteiger partial charge in [0.2, 0.25) is 11.0 Å². The molecule has 2 N–H and O–H groups in total. The Kier molecular flexibility index (Phi) is 7.86. The number of ether oxygens (including phenoxy) is 1. The van der Waals surface area contributed by atoms with Gasteiger partial charge in [-0.05, 0) is 37.1 Å². The second-order valence-electron chi connectivity index (χ2n) is 5.54. The molecule has 0 saturated heterocycles. The van der Waals surface area contributed by atoms with E-state index in [9.17, 15) is 14.4 Å². The standard InChI is InChI=1S/C17H19BrN4O4S/c1-3-11-8-12(18)4-5-13(11)19-15(24)9-26-16(25)7-6-14(23)20-17-22-21-10(2)27-17/h4-5,8H,3,6-7,9H2,1-2H3,(H,19,24)(H,20,22,23). The van der Waals surface area contributed by atoms with Crippen molar-refractivity contribution in [1.29, 1.82) is 0 Å². The molecule has 2 aromatic rings. The molecule has 1 aromatic carbocycles. The number of hydrogen-bond acceptors (Lipinski definition) is 7. The minimum Gasteiger partial charge on any atom is -0.456 e. The van der Waals surface area contributed by atoms with Gasteiger partial charge in [0, 0.05) is 16.6 Å². The first-order chi connectivity index (χ1) is 12.9. The first kappa shape index (κ1) is 21.0. The summed E-state index contributed by atoms with van der Waals surface area (Å²) in [4.78, 5) is 35.4. The molecule has 0 fully saturated rings. The number of halogens is 1. The number of hydrogen-bond donors (Lipinski definition) is 2. The maximum Gasteiger partial charge on any atom is 0.306 e. The predicted molar refractivity (Wildman–Crippen MR) is 106 cm³/mol. The molecule has 10 heteroatoms. The minimum absolute atomic E-state index is 0.0637. The third-order valence-corrected chi connectivity index (χ3v) is 4.66. The lowest BCUT2D eigenvalue weighted by Crippen LogP contribution is -2.22. The van der Waals surface area contributed by atoms with Gasteiger partial charge in [0.25, 0.3) is 5.91 Å². The molecule has 0 spiro atoms. The minimum atomic E-state index is -0.625. The number of carbonyl (C=O) groups excluding carboxylic acids is 3. The smallest absolute Gasteiger partial charge is 0.306 e. The van der Waals surface area contributed by atoms with Crippen LogP contribution in [0.15, 0.2) is 22.7 Å². The van der Waals surface area contributed by atoms with Crippen LogP contribution in [0.1, 0.15) is 30.3 Å². The summed E-state index contributed by atoms with van der Waals surface area (Å²) < 4.78 is 5.83. The van der Waals surface area contributed by atoms with Gasteiger partial charge in [0.1, 0.15) is 5.01 Å². The molecule has 0 radical (unpaired) electrons. The fourth-order valence-electron chi connectivity index (χ4n) is 2.13. The van der Waals surface area contributed by atoms with Gasteiger partial charge in [-0.3, -0.25) is 14.4 Å². The molecule has 0 atom stereocenters. The average Bonchev–Trinajstić information content (AvgIpc) is 3.04. The number of aromatic nitrogens is 2. The molecule has 0 aliphatic heterocycles. The van der Waals surface area contributed by atoms with Crippen LogP contribution in [0.4, 0.5) is 10.8 Å². The van der Waals surface area contributed by atoms with Crippen LogP contribution < -0.4 is 10.6 Å². The highest BCUT2D eigenvalue weighted by atomic mass is 79.9. The molecule has 2 amide bonds. The van der Waals surface area contributed by atoms with Crippen molar-refractivity contribution in [3.63, 3.8) is 0 Å². The quantitative estimate of drug-likeness (QED) is 0.592. The molecule has 27 heavy (non-hydrogen) atoms. The summed E-state index contributed by atoms with van der Waals surface area (Å²) in [7, 11) is 0. The lowest BCUT2D eigenvalue weighted by Gasteiger charge is -2.10. The Morgan fingerprint density at radius 3 is 2.59 bits per heavy atom. The van der Waals surface area contributed by atoms with Crippen molar-refractivity contribution in [3.05, 3.63) is 33.2 Å². The molecule has 1 aromatic heterocycles. The van der Waals surface area contributed by atoms with Gasteiger partial charge in [0.05, 0.1) is 6.42 Å². The Morgan fingerprint density at radius 2 is 1.93 bits per heavy atom. The lowest BCUT2D eigenvalue weighted by molar-refractivity contribution is -0.147. The second kappa shape index (κ2) is 10.1. The molecule has 0 aliphatic carbocycles. The SMILES string of the molecule is CCc1cc(Br)ccc1NC(=O)COC(=O)CCC(=O)Nc1nnc(C)s1. The molecule has 0 unspecified atom stereocenters. The zero-order valence-electron chi connectivity index (χ0n) is 14.9. The maximum absolute atomic E-state index is 12.0. The highest BCUT2D eigenvalue weighted by molar-refractivity contribution is 9.10. The molecule has 8 nitrogen and oxygen atoms in total. The number of aryl methyl sites for hydroxylation is 2. The van der Waals surface area contributed by atoms with Crippen LogP contribution in [0.2, 0.25) is 0 Å². The van der Waals surface area contributed by atoms with Gasteiger partial charge in [-0.15, -0.1) is 10.2 Å². The second-order valence-corrected chi connectivity index (χ2v) is 7.64. The topological polar surface area (TPSA) is 110 Å². The van der Waals surface area contributed by atoms with Crippen molar-refractivity contribution in [1.82, 2.24) is 10.2 Å². The molecule has 1 heterocycles. The van der Waals surface area contributed by atoms with Crippen LogP contribution in [0.5, 0.6) is 0 Å². The van der Waals surface area contributed by atoms with Crippen LogP contribution in [0.3, 0.4) is 0 Å². The monoisotopic (exact) mass is 454 g/mol. The Labute approximate surface area is 168 Å². The van der Waals surface area contributed by atoms with E-state index in [1.54, 1.807) is 13.0 Å². The summed E-state index contributed by atoms with van der Waals surface area (Å²) in [6.07, 6.45) is 0.555. The normalized spacial score (nSPS) is 10.3. The predicted octanol–water partition coefficient (Wildman–Crippen LogP) is 3.07. The zero-order valence-corrected chi connectivity index (χ0v) is 17.3. The summed E-state index contributed by atoms with van der Waals surface area (Å²) in [6, 6.07) is 5.51. The third kappa shape index (κ3) is 7.06. The fraction of sp³-hybridized carbons (Fsp3) is 0.353. The number of esters is 1. The number of nitrogens with zero attached hydrogens (tertiary/aromatic N) is 2. The number of anilines is 2. The zero-order chi connectivity index (χ0) is 19.8. The maximum atomic E-state index is 12.0. The molecule has 144 valence electrons. The van der Waals surface area contributed by atoms with Crippen LogP contribution in [-0.4, -0.2) is 34.6 Å². The number of rotatable bonds is 8. The van der Waals surface area contributed by atoms with Gasteiger partial charge in [0.15, 0.2) is 6.61 Å². The van der Waals surface area contributed by atoms with Crippen LogP contribution in [0, 0.1) is 6.92 Å². The largest absolute Gasteiger partial charge is 0.456 e. The summed E-state index contributed by atoms with van der Waals surface area (Å²) in [5.74, 6) is -1.43. The summed E-state index contributed by atoms with van der Waals surface area (Å²) >= 11 is 4.63. The number of carbonyl (C=O) groups is 3. The molecule has 2 rings (SSSR count). The average molecular weight is 455 g/mol. The summed E-state index contributed by atoms with van der Waals surface area (Å²) in [5.41, 5.74) is 1.64. The van der Waals surface area contributed by atoms with E-state index in [1.165, 1.54) is 11.3 Å². The van der Waals surface area contributed by atoms with Gasteiger partial charge >= 0.3 is 5.97 Å². The van der Waals surface area contributed by atoms with Crippen molar-refractivity contribution in [2.75, 3.05) is 17.2 Å². The van der Waals surface area contributed by atoms with Gasteiger partial charge in [-0.1, -0.05) is 34.2 Å². The van der Waals surface area contributed by atoms with Gasteiger partial charge < -0.3 is 15.4 Å².